The van der Waals surface area contributed by atoms with E-state index in [-0.39, 0.29) is 4.47 Å². The second kappa shape index (κ2) is 4.15. The molecule has 0 heterocycles. The monoisotopic (exact) mass is 250 g/mol. The van der Waals surface area contributed by atoms with Crippen LogP contribution in [0.1, 0.15) is 25.0 Å². The molecule has 0 saturated carbocycles. The molecule has 1 aromatic rings. The van der Waals surface area contributed by atoms with Gasteiger partial charge in [-0.2, -0.15) is 0 Å². The van der Waals surface area contributed by atoms with Crippen LogP contribution in [0.15, 0.2) is 16.6 Å². The zero-order valence-corrected chi connectivity index (χ0v) is 8.61. The number of benzene rings is 1. The first kappa shape index (κ1) is 10.6. The third-order valence-electron chi connectivity index (χ3n) is 1.81. The zero-order valence-electron chi connectivity index (χ0n) is 7.02. The van der Waals surface area contributed by atoms with E-state index in [9.17, 15) is 13.9 Å². The van der Waals surface area contributed by atoms with Gasteiger partial charge in [0.25, 0.3) is 0 Å². The molecule has 4 heteroatoms. The molecule has 1 rings (SSSR count). The van der Waals surface area contributed by atoms with Crippen molar-refractivity contribution in [3.05, 3.63) is 33.8 Å². The summed E-state index contributed by atoms with van der Waals surface area (Å²) >= 11 is 2.90. The van der Waals surface area contributed by atoms with Crippen molar-refractivity contribution < 1.29 is 13.9 Å². The molecule has 0 aliphatic carbocycles. The van der Waals surface area contributed by atoms with Gasteiger partial charge in [-0.3, -0.25) is 0 Å². The van der Waals surface area contributed by atoms with Gasteiger partial charge in [0.05, 0.1) is 10.6 Å². The van der Waals surface area contributed by atoms with Crippen LogP contribution in [0.3, 0.4) is 0 Å². The maximum atomic E-state index is 13.0. The fourth-order valence-corrected chi connectivity index (χ4v) is 1.60. The van der Waals surface area contributed by atoms with Gasteiger partial charge in [-0.05, 0) is 34.0 Å². The van der Waals surface area contributed by atoms with Crippen LogP contribution in [-0.4, -0.2) is 5.11 Å². The molecule has 1 nitrogen and oxygen atoms in total. The summed E-state index contributed by atoms with van der Waals surface area (Å²) in [5.74, 6) is -1.87. The number of aliphatic hydroxyl groups excluding tert-OH is 1. The lowest BCUT2D eigenvalue weighted by atomic mass is 10.1. The van der Waals surface area contributed by atoms with Crippen molar-refractivity contribution in [1.29, 1.82) is 0 Å². The highest BCUT2D eigenvalue weighted by Crippen LogP contribution is 2.29. The van der Waals surface area contributed by atoms with Crippen molar-refractivity contribution in [2.75, 3.05) is 0 Å². The Kier molecular flexibility index (Phi) is 3.39. The Balaban J connectivity index is 3.18. The van der Waals surface area contributed by atoms with Gasteiger partial charge in [-0.25, -0.2) is 8.78 Å². The van der Waals surface area contributed by atoms with E-state index >= 15 is 0 Å². The van der Waals surface area contributed by atoms with E-state index in [4.69, 9.17) is 0 Å². The summed E-state index contributed by atoms with van der Waals surface area (Å²) in [6.07, 6.45) is -0.298. The molecule has 1 N–H and O–H groups in total. The van der Waals surface area contributed by atoms with E-state index in [0.717, 1.165) is 6.07 Å². The summed E-state index contributed by atoms with van der Waals surface area (Å²) in [6, 6.07) is 2.38. The molecule has 0 radical (unpaired) electrons. The number of hydrogen-bond acceptors (Lipinski definition) is 1. The van der Waals surface area contributed by atoms with Crippen molar-refractivity contribution in [2.24, 2.45) is 0 Å². The first-order valence-corrected chi connectivity index (χ1v) is 4.68. The largest absolute Gasteiger partial charge is 0.388 e. The number of rotatable bonds is 2. The lowest BCUT2D eigenvalue weighted by molar-refractivity contribution is 0.172. The molecule has 0 amide bonds. The third-order valence-corrected chi connectivity index (χ3v) is 2.62. The summed E-state index contributed by atoms with van der Waals surface area (Å²) in [5.41, 5.74) is 0.376. The van der Waals surface area contributed by atoms with E-state index in [0.29, 0.717) is 12.0 Å². The van der Waals surface area contributed by atoms with Gasteiger partial charge < -0.3 is 5.11 Å². The van der Waals surface area contributed by atoms with Crippen molar-refractivity contribution >= 4 is 15.9 Å². The molecule has 1 aromatic carbocycles. The Morgan fingerprint density at radius 2 is 2.08 bits per heavy atom. The van der Waals surface area contributed by atoms with E-state index in [2.05, 4.69) is 15.9 Å². The van der Waals surface area contributed by atoms with Crippen LogP contribution in [0.4, 0.5) is 8.78 Å². The van der Waals surface area contributed by atoms with Gasteiger partial charge in [0.1, 0.15) is 0 Å². The topological polar surface area (TPSA) is 20.2 Å². The maximum Gasteiger partial charge on any atom is 0.173 e. The van der Waals surface area contributed by atoms with Crippen LogP contribution in [0.2, 0.25) is 0 Å². The number of hydrogen-bond donors (Lipinski definition) is 1. The predicted octanol–water partition coefficient (Wildman–Crippen LogP) is 3.17. The van der Waals surface area contributed by atoms with Gasteiger partial charge in [-0.1, -0.05) is 13.0 Å². The first-order valence-electron chi connectivity index (χ1n) is 3.89. The van der Waals surface area contributed by atoms with Gasteiger partial charge in [0.2, 0.25) is 0 Å². The van der Waals surface area contributed by atoms with E-state index < -0.39 is 17.7 Å². The van der Waals surface area contributed by atoms with Crippen molar-refractivity contribution in [3.63, 3.8) is 0 Å². The van der Waals surface area contributed by atoms with E-state index in [1.807, 2.05) is 0 Å². The third kappa shape index (κ3) is 2.06. The molecule has 0 aliphatic heterocycles. The molecule has 0 bridgehead atoms. The summed E-state index contributed by atoms with van der Waals surface area (Å²) in [7, 11) is 0. The first-order chi connectivity index (χ1) is 6.07. The Labute approximate surface area is 83.5 Å². The van der Waals surface area contributed by atoms with Crippen molar-refractivity contribution in [2.45, 2.75) is 19.4 Å². The molecule has 1 unspecified atom stereocenters. The lowest BCUT2D eigenvalue weighted by Crippen LogP contribution is -1.99. The molecule has 1 atom stereocenters. The van der Waals surface area contributed by atoms with Crippen LogP contribution in [0.5, 0.6) is 0 Å². The summed E-state index contributed by atoms with van der Waals surface area (Å²) in [6.45, 7) is 1.76. The molecule has 0 saturated heterocycles. The highest BCUT2D eigenvalue weighted by molar-refractivity contribution is 9.10. The minimum Gasteiger partial charge on any atom is -0.388 e. The second-order valence-electron chi connectivity index (χ2n) is 2.69. The predicted molar refractivity (Wildman–Crippen MR) is 49.3 cm³/mol. The van der Waals surface area contributed by atoms with Crippen LogP contribution in [-0.2, 0) is 0 Å². The number of halogens is 3. The number of aliphatic hydroxyl groups is 1. The fourth-order valence-electron chi connectivity index (χ4n) is 1.02. The molecular weight excluding hydrogens is 242 g/mol. The average Bonchev–Trinajstić information content (AvgIpc) is 2.13. The molecule has 0 aromatic heterocycles. The van der Waals surface area contributed by atoms with Crippen LogP contribution in [0, 0.1) is 11.6 Å². The standard InChI is InChI=1S/C9H9BrF2O/c1-2-7(13)5-3-4-6(11)9(12)8(5)10/h3-4,7,13H,2H2,1H3. The van der Waals surface area contributed by atoms with Crippen LogP contribution in [0.25, 0.3) is 0 Å². The SMILES string of the molecule is CCC(O)c1ccc(F)c(F)c1Br. The Bertz CT molecular complexity index is 315. The van der Waals surface area contributed by atoms with Crippen molar-refractivity contribution in [3.8, 4) is 0 Å². The van der Waals surface area contributed by atoms with Gasteiger partial charge in [0.15, 0.2) is 11.6 Å². The Hall–Kier alpha value is -0.480. The van der Waals surface area contributed by atoms with Crippen LogP contribution >= 0.6 is 15.9 Å². The second-order valence-corrected chi connectivity index (χ2v) is 3.48. The minimum atomic E-state index is -0.954. The minimum absolute atomic E-state index is 0.00171. The molecule has 0 spiro atoms. The normalized spacial score (nSPS) is 13.0. The quantitative estimate of drug-likeness (QED) is 0.800. The lowest BCUT2D eigenvalue weighted by Gasteiger charge is -2.10. The molecule has 72 valence electrons. The highest BCUT2D eigenvalue weighted by Gasteiger charge is 2.15. The molecule has 13 heavy (non-hydrogen) atoms. The Morgan fingerprint density at radius 1 is 1.46 bits per heavy atom. The van der Waals surface area contributed by atoms with Gasteiger partial charge >= 0.3 is 0 Å². The summed E-state index contributed by atoms with van der Waals surface area (Å²) in [5, 5.41) is 9.41. The van der Waals surface area contributed by atoms with E-state index in [1.54, 1.807) is 6.92 Å². The Morgan fingerprint density at radius 3 is 2.62 bits per heavy atom. The summed E-state index contributed by atoms with van der Waals surface area (Å²) < 4.78 is 25.6. The zero-order chi connectivity index (χ0) is 10.0. The summed E-state index contributed by atoms with van der Waals surface area (Å²) in [4.78, 5) is 0. The van der Waals surface area contributed by atoms with Gasteiger partial charge in [-0.15, -0.1) is 0 Å². The van der Waals surface area contributed by atoms with Gasteiger partial charge in [0, 0.05) is 0 Å². The maximum absolute atomic E-state index is 13.0. The average molecular weight is 251 g/mol. The van der Waals surface area contributed by atoms with Crippen LogP contribution < -0.4 is 0 Å². The fraction of sp³-hybridized carbons (Fsp3) is 0.333. The highest BCUT2D eigenvalue weighted by atomic mass is 79.9. The van der Waals surface area contributed by atoms with Crippen molar-refractivity contribution in [1.82, 2.24) is 0 Å². The molecular formula is C9H9BrF2O. The molecule has 0 aliphatic rings. The smallest absolute Gasteiger partial charge is 0.173 e. The molecule has 0 fully saturated rings. The van der Waals surface area contributed by atoms with E-state index in [1.165, 1.54) is 6.07 Å².